The van der Waals surface area contributed by atoms with Gasteiger partial charge in [-0.05, 0) is 18.1 Å². The molecule has 0 saturated carbocycles. The molecule has 0 amide bonds. The van der Waals surface area contributed by atoms with Crippen molar-refractivity contribution < 1.29 is 4.52 Å². The van der Waals surface area contributed by atoms with E-state index in [1.54, 1.807) is 12.4 Å². The molecule has 2 N–H and O–H groups in total. The standard InChI is InChI=1S/C11H14N4O/c1-7(2)9(12)11-14-10(15-16-11)8-3-5-13-6-4-8/h3-7,9H,12H2,1-2H3. The first-order valence-electron chi connectivity index (χ1n) is 5.18. The average molecular weight is 218 g/mol. The Hall–Kier alpha value is -1.75. The van der Waals surface area contributed by atoms with Crippen LogP contribution < -0.4 is 5.73 Å². The topological polar surface area (TPSA) is 77.8 Å². The van der Waals surface area contributed by atoms with E-state index < -0.39 is 0 Å². The van der Waals surface area contributed by atoms with Crippen LogP contribution in [0.25, 0.3) is 11.4 Å². The molecular formula is C11H14N4O. The molecule has 2 heterocycles. The van der Waals surface area contributed by atoms with Gasteiger partial charge < -0.3 is 10.3 Å². The predicted molar refractivity (Wildman–Crippen MR) is 59.3 cm³/mol. The summed E-state index contributed by atoms with van der Waals surface area (Å²) in [5, 5.41) is 3.90. The first kappa shape index (κ1) is 10.8. The van der Waals surface area contributed by atoms with Gasteiger partial charge in [0.15, 0.2) is 0 Å². The van der Waals surface area contributed by atoms with E-state index in [-0.39, 0.29) is 12.0 Å². The summed E-state index contributed by atoms with van der Waals surface area (Å²) in [5.74, 6) is 1.29. The number of pyridine rings is 1. The van der Waals surface area contributed by atoms with Crippen molar-refractivity contribution in [1.29, 1.82) is 0 Å². The first-order valence-corrected chi connectivity index (χ1v) is 5.18. The van der Waals surface area contributed by atoms with E-state index >= 15 is 0 Å². The molecule has 0 spiro atoms. The van der Waals surface area contributed by atoms with Crippen LogP contribution in [0.5, 0.6) is 0 Å². The Morgan fingerprint density at radius 1 is 1.25 bits per heavy atom. The van der Waals surface area contributed by atoms with Crippen molar-refractivity contribution in [1.82, 2.24) is 15.1 Å². The van der Waals surface area contributed by atoms with Crippen LogP contribution in [-0.4, -0.2) is 15.1 Å². The van der Waals surface area contributed by atoms with E-state index in [9.17, 15) is 0 Å². The number of hydrogen-bond donors (Lipinski definition) is 1. The molecule has 0 radical (unpaired) electrons. The second kappa shape index (κ2) is 4.40. The number of nitrogens with zero attached hydrogens (tertiary/aromatic N) is 3. The third-order valence-corrected chi connectivity index (χ3v) is 2.38. The summed E-state index contributed by atoms with van der Waals surface area (Å²) < 4.78 is 5.14. The summed E-state index contributed by atoms with van der Waals surface area (Å²) in [7, 11) is 0. The number of rotatable bonds is 3. The lowest BCUT2D eigenvalue weighted by molar-refractivity contribution is 0.325. The fraction of sp³-hybridized carbons (Fsp3) is 0.364. The Morgan fingerprint density at radius 2 is 1.94 bits per heavy atom. The van der Waals surface area contributed by atoms with Crippen molar-refractivity contribution >= 4 is 0 Å². The van der Waals surface area contributed by atoms with Gasteiger partial charge in [-0.15, -0.1) is 0 Å². The van der Waals surface area contributed by atoms with Gasteiger partial charge in [0, 0.05) is 18.0 Å². The fourth-order valence-corrected chi connectivity index (χ4v) is 1.27. The summed E-state index contributed by atoms with van der Waals surface area (Å²) >= 11 is 0. The first-order chi connectivity index (χ1) is 7.68. The predicted octanol–water partition coefficient (Wildman–Crippen LogP) is 1.79. The highest BCUT2D eigenvalue weighted by Gasteiger charge is 2.18. The molecule has 5 heteroatoms. The maximum atomic E-state index is 5.92. The summed E-state index contributed by atoms with van der Waals surface area (Å²) in [6.45, 7) is 4.03. The smallest absolute Gasteiger partial charge is 0.244 e. The third kappa shape index (κ3) is 2.09. The molecule has 0 saturated heterocycles. The molecular weight excluding hydrogens is 204 g/mol. The van der Waals surface area contributed by atoms with Gasteiger partial charge in [0.25, 0.3) is 0 Å². The molecule has 0 aliphatic carbocycles. The van der Waals surface area contributed by atoms with Crippen LogP contribution in [0, 0.1) is 5.92 Å². The maximum Gasteiger partial charge on any atom is 0.244 e. The second-order valence-corrected chi connectivity index (χ2v) is 3.96. The monoisotopic (exact) mass is 218 g/mol. The van der Waals surface area contributed by atoms with Gasteiger partial charge in [-0.2, -0.15) is 4.98 Å². The highest BCUT2D eigenvalue weighted by molar-refractivity contribution is 5.52. The zero-order valence-electron chi connectivity index (χ0n) is 9.29. The van der Waals surface area contributed by atoms with Crippen LogP contribution >= 0.6 is 0 Å². The van der Waals surface area contributed by atoms with E-state index in [4.69, 9.17) is 10.3 Å². The highest BCUT2D eigenvalue weighted by atomic mass is 16.5. The number of nitrogens with two attached hydrogens (primary N) is 1. The summed E-state index contributed by atoms with van der Waals surface area (Å²) in [6.07, 6.45) is 3.38. The summed E-state index contributed by atoms with van der Waals surface area (Å²) in [6, 6.07) is 3.44. The van der Waals surface area contributed by atoms with Crippen LogP contribution in [0.4, 0.5) is 0 Å². The van der Waals surface area contributed by atoms with Crippen LogP contribution in [0.2, 0.25) is 0 Å². The normalized spacial score (nSPS) is 13.0. The maximum absolute atomic E-state index is 5.92. The zero-order chi connectivity index (χ0) is 11.5. The molecule has 2 rings (SSSR count). The van der Waals surface area contributed by atoms with Gasteiger partial charge >= 0.3 is 0 Å². The van der Waals surface area contributed by atoms with Gasteiger partial charge in [0.2, 0.25) is 11.7 Å². The molecule has 0 bridgehead atoms. The Kier molecular flexibility index (Phi) is 2.96. The molecule has 0 fully saturated rings. The largest absolute Gasteiger partial charge is 0.337 e. The van der Waals surface area contributed by atoms with Crippen LogP contribution in [0.15, 0.2) is 29.0 Å². The van der Waals surface area contributed by atoms with E-state index in [2.05, 4.69) is 15.1 Å². The molecule has 0 aliphatic rings. The summed E-state index contributed by atoms with van der Waals surface area (Å²) in [5.41, 5.74) is 6.80. The third-order valence-electron chi connectivity index (χ3n) is 2.38. The van der Waals surface area contributed by atoms with E-state index in [0.29, 0.717) is 11.7 Å². The second-order valence-electron chi connectivity index (χ2n) is 3.96. The lowest BCUT2D eigenvalue weighted by atomic mass is 10.1. The van der Waals surface area contributed by atoms with E-state index in [1.165, 1.54) is 0 Å². The minimum atomic E-state index is -0.219. The SMILES string of the molecule is CC(C)C(N)c1nc(-c2ccncc2)no1. The Morgan fingerprint density at radius 3 is 2.56 bits per heavy atom. The molecule has 1 atom stereocenters. The van der Waals surface area contributed by atoms with Crippen LogP contribution in [0.1, 0.15) is 25.8 Å². The molecule has 16 heavy (non-hydrogen) atoms. The van der Waals surface area contributed by atoms with Crippen LogP contribution in [-0.2, 0) is 0 Å². The molecule has 0 aromatic carbocycles. The quantitative estimate of drug-likeness (QED) is 0.849. The Bertz CT molecular complexity index is 452. The van der Waals surface area contributed by atoms with Gasteiger partial charge in [0.1, 0.15) is 0 Å². The molecule has 0 aliphatic heterocycles. The minimum absolute atomic E-state index is 0.219. The minimum Gasteiger partial charge on any atom is -0.337 e. The van der Waals surface area contributed by atoms with Crippen molar-refractivity contribution in [2.45, 2.75) is 19.9 Å². The van der Waals surface area contributed by atoms with Gasteiger partial charge in [-0.3, -0.25) is 4.98 Å². The number of hydrogen-bond acceptors (Lipinski definition) is 5. The van der Waals surface area contributed by atoms with Crippen molar-refractivity contribution in [2.75, 3.05) is 0 Å². The molecule has 2 aromatic heterocycles. The van der Waals surface area contributed by atoms with E-state index in [0.717, 1.165) is 5.56 Å². The molecule has 2 aromatic rings. The molecule has 84 valence electrons. The van der Waals surface area contributed by atoms with Crippen molar-refractivity contribution in [2.24, 2.45) is 11.7 Å². The van der Waals surface area contributed by atoms with Gasteiger partial charge in [0.05, 0.1) is 6.04 Å². The number of aromatic nitrogens is 3. The zero-order valence-corrected chi connectivity index (χ0v) is 9.29. The summed E-state index contributed by atoms with van der Waals surface area (Å²) in [4.78, 5) is 8.20. The van der Waals surface area contributed by atoms with Gasteiger partial charge in [-0.1, -0.05) is 19.0 Å². The van der Waals surface area contributed by atoms with Crippen molar-refractivity contribution in [3.8, 4) is 11.4 Å². The van der Waals surface area contributed by atoms with Crippen molar-refractivity contribution in [3.63, 3.8) is 0 Å². The highest BCUT2D eigenvalue weighted by Crippen LogP contribution is 2.20. The van der Waals surface area contributed by atoms with E-state index in [1.807, 2.05) is 26.0 Å². The lowest BCUT2D eigenvalue weighted by Gasteiger charge is -2.09. The molecule has 5 nitrogen and oxygen atoms in total. The Balaban J connectivity index is 2.27. The molecule has 1 unspecified atom stereocenters. The lowest BCUT2D eigenvalue weighted by Crippen LogP contribution is -2.16. The fourth-order valence-electron chi connectivity index (χ4n) is 1.27. The van der Waals surface area contributed by atoms with Gasteiger partial charge in [-0.25, -0.2) is 0 Å². The Labute approximate surface area is 93.7 Å². The average Bonchev–Trinajstić information content (AvgIpc) is 2.78. The van der Waals surface area contributed by atoms with Crippen molar-refractivity contribution in [3.05, 3.63) is 30.4 Å². The van der Waals surface area contributed by atoms with Crippen LogP contribution in [0.3, 0.4) is 0 Å².